The number of nitrogens with zero attached hydrogens (tertiary/aromatic N) is 2. The molecule has 0 unspecified atom stereocenters. The molecular weight excluding hydrogens is 314 g/mol. The first-order valence-electron chi connectivity index (χ1n) is 8.41. The molecular formula is C20H19N3O2. The van der Waals surface area contributed by atoms with E-state index < -0.39 is 0 Å². The number of amides is 1. The number of benzene rings is 2. The smallest absolute Gasteiger partial charge is 0.262 e. The van der Waals surface area contributed by atoms with Gasteiger partial charge in [0, 0.05) is 23.8 Å². The number of hydrogen-bond donors (Lipinski definition) is 1. The molecule has 1 heterocycles. The molecule has 0 spiro atoms. The SMILES string of the molecule is O=C(COc1ccc2c(c1)CCC2)Nc1cccc(-n2ccnc2)c1. The highest BCUT2D eigenvalue weighted by molar-refractivity contribution is 5.92. The van der Waals surface area contributed by atoms with Crippen LogP contribution in [0.15, 0.2) is 61.2 Å². The van der Waals surface area contributed by atoms with E-state index in [1.807, 2.05) is 41.1 Å². The van der Waals surface area contributed by atoms with Crippen molar-refractivity contribution in [3.63, 3.8) is 0 Å². The van der Waals surface area contributed by atoms with Crippen molar-refractivity contribution in [1.82, 2.24) is 9.55 Å². The standard InChI is InChI=1S/C20H19N3O2/c24-20(13-25-19-8-7-15-3-1-4-16(15)11-19)22-17-5-2-6-18(12-17)23-10-9-21-14-23/h2,5-12,14H,1,3-4,13H2,(H,22,24). The fourth-order valence-corrected chi connectivity index (χ4v) is 3.14. The lowest BCUT2D eigenvalue weighted by molar-refractivity contribution is -0.118. The van der Waals surface area contributed by atoms with E-state index in [1.54, 1.807) is 12.5 Å². The zero-order valence-corrected chi connectivity index (χ0v) is 13.8. The minimum absolute atomic E-state index is 0.00586. The van der Waals surface area contributed by atoms with Gasteiger partial charge in [-0.3, -0.25) is 4.79 Å². The summed E-state index contributed by atoms with van der Waals surface area (Å²) in [5.41, 5.74) is 4.41. The quantitative estimate of drug-likeness (QED) is 0.779. The summed E-state index contributed by atoms with van der Waals surface area (Å²) in [6.07, 6.45) is 8.74. The maximum Gasteiger partial charge on any atom is 0.262 e. The monoisotopic (exact) mass is 333 g/mol. The first-order valence-corrected chi connectivity index (χ1v) is 8.41. The Morgan fingerprint density at radius 1 is 1.16 bits per heavy atom. The summed E-state index contributed by atoms with van der Waals surface area (Å²) >= 11 is 0. The van der Waals surface area contributed by atoms with Crippen LogP contribution in [-0.2, 0) is 17.6 Å². The second kappa shape index (κ2) is 6.81. The van der Waals surface area contributed by atoms with Crippen molar-refractivity contribution in [2.45, 2.75) is 19.3 Å². The Labute approximate surface area is 146 Å². The van der Waals surface area contributed by atoms with Gasteiger partial charge in [0.25, 0.3) is 5.91 Å². The topological polar surface area (TPSA) is 56.1 Å². The maximum atomic E-state index is 12.2. The van der Waals surface area contributed by atoms with Crippen LogP contribution in [0.25, 0.3) is 5.69 Å². The molecule has 0 saturated heterocycles. The van der Waals surface area contributed by atoms with Gasteiger partial charge >= 0.3 is 0 Å². The summed E-state index contributed by atoms with van der Waals surface area (Å²) in [6.45, 7) is -0.00586. The molecule has 4 rings (SSSR count). The van der Waals surface area contributed by atoms with Crippen molar-refractivity contribution in [2.24, 2.45) is 0 Å². The molecule has 1 aromatic heterocycles. The number of carbonyl (C=O) groups is 1. The van der Waals surface area contributed by atoms with E-state index in [0.29, 0.717) is 0 Å². The van der Waals surface area contributed by atoms with Crippen molar-refractivity contribution >= 4 is 11.6 Å². The number of imidazole rings is 1. The number of aryl methyl sites for hydroxylation is 2. The predicted octanol–water partition coefficient (Wildman–Crippen LogP) is 3.38. The summed E-state index contributed by atoms with van der Waals surface area (Å²) in [7, 11) is 0. The highest BCUT2D eigenvalue weighted by Gasteiger charge is 2.12. The summed E-state index contributed by atoms with van der Waals surface area (Å²) in [5, 5.41) is 2.87. The Kier molecular flexibility index (Phi) is 4.21. The second-order valence-electron chi connectivity index (χ2n) is 6.14. The van der Waals surface area contributed by atoms with E-state index in [0.717, 1.165) is 30.0 Å². The average molecular weight is 333 g/mol. The van der Waals surface area contributed by atoms with E-state index in [4.69, 9.17) is 4.74 Å². The van der Waals surface area contributed by atoms with Crippen LogP contribution >= 0.6 is 0 Å². The molecule has 0 aliphatic heterocycles. The van der Waals surface area contributed by atoms with Gasteiger partial charge in [0.1, 0.15) is 5.75 Å². The minimum atomic E-state index is -0.178. The summed E-state index contributed by atoms with van der Waals surface area (Å²) in [5.74, 6) is 0.575. The molecule has 0 bridgehead atoms. The molecule has 1 amide bonds. The van der Waals surface area contributed by atoms with E-state index in [1.165, 1.54) is 17.5 Å². The molecule has 2 aromatic carbocycles. The van der Waals surface area contributed by atoms with Crippen LogP contribution in [0.4, 0.5) is 5.69 Å². The van der Waals surface area contributed by atoms with Gasteiger partial charge in [-0.1, -0.05) is 12.1 Å². The zero-order valence-electron chi connectivity index (χ0n) is 13.8. The van der Waals surface area contributed by atoms with Crippen molar-refractivity contribution in [2.75, 3.05) is 11.9 Å². The first kappa shape index (κ1) is 15.4. The lowest BCUT2D eigenvalue weighted by atomic mass is 10.1. The molecule has 0 atom stereocenters. The van der Waals surface area contributed by atoms with E-state index in [-0.39, 0.29) is 12.5 Å². The number of ether oxygens (including phenoxy) is 1. The third-order valence-electron chi connectivity index (χ3n) is 4.37. The third-order valence-corrected chi connectivity index (χ3v) is 4.37. The highest BCUT2D eigenvalue weighted by atomic mass is 16.5. The number of hydrogen-bond acceptors (Lipinski definition) is 3. The van der Waals surface area contributed by atoms with Gasteiger partial charge in [-0.2, -0.15) is 0 Å². The van der Waals surface area contributed by atoms with Gasteiger partial charge < -0.3 is 14.6 Å². The van der Waals surface area contributed by atoms with E-state index in [2.05, 4.69) is 22.4 Å². The number of carbonyl (C=O) groups excluding carboxylic acids is 1. The van der Waals surface area contributed by atoms with Crippen LogP contribution in [0.1, 0.15) is 17.5 Å². The molecule has 0 fully saturated rings. The van der Waals surface area contributed by atoms with Crippen molar-refractivity contribution < 1.29 is 9.53 Å². The average Bonchev–Trinajstić information content (AvgIpc) is 3.31. The predicted molar refractivity (Wildman–Crippen MR) is 96.2 cm³/mol. The Morgan fingerprint density at radius 2 is 2.08 bits per heavy atom. The molecule has 1 aliphatic rings. The van der Waals surface area contributed by atoms with Gasteiger partial charge in [-0.05, 0) is 60.7 Å². The number of anilines is 1. The summed E-state index contributed by atoms with van der Waals surface area (Å²) < 4.78 is 7.53. The van der Waals surface area contributed by atoms with Crippen LogP contribution in [0.2, 0.25) is 0 Å². The van der Waals surface area contributed by atoms with Crippen LogP contribution in [0.3, 0.4) is 0 Å². The number of aromatic nitrogens is 2. The third kappa shape index (κ3) is 3.55. The maximum absolute atomic E-state index is 12.2. The number of nitrogens with one attached hydrogen (secondary N) is 1. The van der Waals surface area contributed by atoms with Crippen LogP contribution in [-0.4, -0.2) is 22.1 Å². The van der Waals surface area contributed by atoms with Crippen molar-refractivity contribution in [3.05, 3.63) is 72.3 Å². The highest BCUT2D eigenvalue weighted by Crippen LogP contribution is 2.26. The van der Waals surface area contributed by atoms with Crippen LogP contribution in [0, 0.1) is 0 Å². The van der Waals surface area contributed by atoms with Crippen molar-refractivity contribution in [1.29, 1.82) is 0 Å². The lowest BCUT2D eigenvalue weighted by Crippen LogP contribution is -2.20. The van der Waals surface area contributed by atoms with Crippen molar-refractivity contribution in [3.8, 4) is 11.4 Å². The van der Waals surface area contributed by atoms with E-state index >= 15 is 0 Å². The number of fused-ring (bicyclic) bond motifs is 1. The van der Waals surface area contributed by atoms with Gasteiger partial charge in [0.05, 0.1) is 6.33 Å². The number of rotatable bonds is 5. The van der Waals surface area contributed by atoms with Gasteiger partial charge in [-0.15, -0.1) is 0 Å². The minimum Gasteiger partial charge on any atom is -0.484 e. The fraction of sp³-hybridized carbons (Fsp3) is 0.200. The molecule has 126 valence electrons. The molecule has 1 aliphatic carbocycles. The Hall–Kier alpha value is -3.08. The molecule has 0 saturated carbocycles. The Morgan fingerprint density at radius 3 is 2.96 bits per heavy atom. The lowest BCUT2D eigenvalue weighted by Gasteiger charge is -2.10. The van der Waals surface area contributed by atoms with Gasteiger partial charge in [0.15, 0.2) is 6.61 Å². The fourth-order valence-electron chi connectivity index (χ4n) is 3.14. The van der Waals surface area contributed by atoms with Crippen LogP contribution in [0.5, 0.6) is 5.75 Å². The summed E-state index contributed by atoms with van der Waals surface area (Å²) in [4.78, 5) is 16.2. The molecule has 5 nitrogen and oxygen atoms in total. The second-order valence-corrected chi connectivity index (χ2v) is 6.14. The largest absolute Gasteiger partial charge is 0.484 e. The van der Waals surface area contributed by atoms with Crippen LogP contribution < -0.4 is 10.1 Å². The molecule has 25 heavy (non-hydrogen) atoms. The Bertz CT molecular complexity index is 888. The molecule has 0 radical (unpaired) electrons. The van der Waals surface area contributed by atoms with Gasteiger partial charge in [-0.25, -0.2) is 4.98 Å². The van der Waals surface area contributed by atoms with Gasteiger partial charge in [0.2, 0.25) is 0 Å². The normalized spacial score (nSPS) is 12.6. The Balaban J connectivity index is 1.37. The molecule has 5 heteroatoms. The molecule has 3 aromatic rings. The van der Waals surface area contributed by atoms with E-state index in [9.17, 15) is 4.79 Å². The first-order chi connectivity index (χ1) is 12.3. The molecule has 1 N–H and O–H groups in total. The zero-order chi connectivity index (χ0) is 17.1. The summed E-state index contributed by atoms with van der Waals surface area (Å²) in [6, 6.07) is 13.7.